The van der Waals surface area contributed by atoms with Crippen LogP contribution in [0.25, 0.3) is 0 Å². The van der Waals surface area contributed by atoms with Crippen LogP contribution in [-0.2, 0) is 9.84 Å². The van der Waals surface area contributed by atoms with Gasteiger partial charge in [-0.15, -0.1) is 11.8 Å². The fourth-order valence-electron chi connectivity index (χ4n) is 0.908. The Morgan fingerprint density at radius 1 is 1.70 bits per heavy atom. The van der Waals surface area contributed by atoms with Crippen LogP contribution in [-0.4, -0.2) is 30.7 Å². The molecule has 0 bridgehead atoms. The van der Waals surface area contributed by atoms with Gasteiger partial charge in [0.25, 0.3) is 0 Å². The van der Waals surface area contributed by atoms with Crippen molar-refractivity contribution in [1.82, 2.24) is 0 Å². The number of nitrogens with one attached hydrogen (secondary N) is 1. The van der Waals surface area contributed by atoms with E-state index in [2.05, 4.69) is 0 Å². The summed E-state index contributed by atoms with van der Waals surface area (Å²) in [4.78, 5) is 0. The third kappa shape index (κ3) is 1.52. The number of hydrogen-bond acceptors (Lipinski definition) is 4. The molecule has 0 aliphatic carbocycles. The minimum atomic E-state index is -3.00. The van der Waals surface area contributed by atoms with Gasteiger partial charge >= 0.3 is 0 Å². The summed E-state index contributed by atoms with van der Waals surface area (Å²) in [5.41, 5.74) is 0. The van der Waals surface area contributed by atoms with E-state index in [1.54, 1.807) is 0 Å². The Hall–Kier alpha value is -0.0300. The van der Waals surface area contributed by atoms with Crippen LogP contribution in [0.5, 0.6) is 0 Å². The second kappa shape index (κ2) is 2.54. The van der Waals surface area contributed by atoms with Gasteiger partial charge in [-0.1, -0.05) is 0 Å². The summed E-state index contributed by atoms with van der Waals surface area (Å²) in [6.07, 6.45) is 1.81. The van der Waals surface area contributed by atoms with Gasteiger partial charge in [0.15, 0.2) is 9.84 Å². The summed E-state index contributed by atoms with van der Waals surface area (Å²) < 4.78 is 21.8. The zero-order valence-corrected chi connectivity index (χ0v) is 7.26. The molecule has 0 radical (unpaired) electrons. The van der Waals surface area contributed by atoms with E-state index in [4.69, 9.17) is 5.41 Å². The Balaban J connectivity index is 2.84. The number of sulfone groups is 1. The van der Waals surface area contributed by atoms with Gasteiger partial charge in [0.05, 0.1) is 5.04 Å². The molecule has 1 heterocycles. The summed E-state index contributed by atoms with van der Waals surface area (Å²) in [6, 6.07) is 0. The molecule has 1 saturated heterocycles. The molecule has 0 aromatic rings. The summed E-state index contributed by atoms with van der Waals surface area (Å²) in [5, 5.41) is 7.05. The van der Waals surface area contributed by atoms with E-state index in [0.717, 1.165) is 5.75 Å². The van der Waals surface area contributed by atoms with Gasteiger partial charge in [-0.2, -0.15) is 0 Å². The molecule has 10 heavy (non-hydrogen) atoms. The SMILES string of the molecule is CS(=O)(=O)C1CCSC1=N. The summed E-state index contributed by atoms with van der Waals surface area (Å²) >= 11 is 1.34. The molecule has 0 aromatic heterocycles. The topological polar surface area (TPSA) is 58.0 Å². The molecule has 1 N–H and O–H groups in total. The Bertz CT molecular complexity index is 244. The van der Waals surface area contributed by atoms with Crippen molar-refractivity contribution in [3.05, 3.63) is 0 Å². The van der Waals surface area contributed by atoms with E-state index < -0.39 is 15.1 Å². The maximum absolute atomic E-state index is 10.9. The van der Waals surface area contributed by atoms with Crippen molar-refractivity contribution in [2.45, 2.75) is 11.7 Å². The van der Waals surface area contributed by atoms with Gasteiger partial charge in [0.1, 0.15) is 5.25 Å². The molecule has 3 nitrogen and oxygen atoms in total. The van der Waals surface area contributed by atoms with Crippen LogP contribution < -0.4 is 0 Å². The molecule has 0 saturated carbocycles. The lowest BCUT2D eigenvalue weighted by Crippen LogP contribution is -2.22. The standard InChI is InChI=1S/C5H9NO2S2/c1-10(7,8)4-2-3-9-5(4)6/h4,6H,2-3H2,1H3. The van der Waals surface area contributed by atoms with Gasteiger partial charge in [-0.25, -0.2) is 8.42 Å². The van der Waals surface area contributed by atoms with Crippen molar-refractivity contribution in [2.24, 2.45) is 0 Å². The van der Waals surface area contributed by atoms with Crippen molar-refractivity contribution in [1.29, 1.82) is 5.41 Å². The van der Waals surface area contributed by atoms with Crippen molar-refractivity contribution in [3.8, 4) is 0 Å². The lowest BCUT2D eigenvalue weighted by atomic mass is 10.4. The van der Waals surface area contributed by atoms with Crippen molar-refractivity contribution in [3.63, 3.8) is 0 Å². The summed E-state index contributed by atoms with van der Waals surface area (Å²) in [7, 11) is -3.00. The molecule has 1 atom stereocenters. The van der Waals surface area contributed by atoms with E-state index in [-0.39, 0.29) is 0 Å². The van der Waals surface area contributed by atoms with Crippen LogP contribution in [0.15, 0.2) is 0 Å². The van der Waals surface area contributed by atoms with E-state index in [0.29, 0.717) is 11.5 Å². The van der Waals surface area contributed by atoms with Crippen LogP contribution in [0.2, 0.25) is 0 Å². The minimum Gasteiger partial charge on any atom is -0.297 e. The lowest BCUT2D eigenvalue weighted by molar-refractivity contribution is 0.596. The fraction of sp³-hybridized carbons (Fsp3) is 0.800. The second-order valence-electron chi connectivity index (χ2n) is 2.32. The highest BCUT2D eigenvalue weighted by Gasteiger charge is 2.30. The van der Waals surface area contributed by atoms with Crippen LogP contribution >= 0.6 is 11.8 Å². The van der Waals surface area contributed by atoms with Crippen molar-refractivity contribution in [2.75, 3.05) is 12.0 Å². The Morgan fingerprint density at radius 2 is 2.30 bits per heavy atom. The van der Waals surface area contributed by atoms with E-state index >= 15 is 0 Å². The van der Waals surface area contributed by atoms with Gasteiger partial charge < -0.3 is 0 Å². The average Bonchev–Trinajstić information content (AvgIpc) is 2.11. The first kappa shape index (κ1) is 8.07. The largest absolute Gasteiger partial charge is 0.297 e. The monoisotopic (exact) mass is 179 g/mol. The molecule has 0 spiro atoms. The molecule has 1 aliphatic rings. The highest BCUT2D eigenvalue weighted by Crippen LogP contribution is 2.24. The van der Waals surface area contributed by atoms with Gasteiger partial charge in [-0.05, 0) is 6.42 Å². The highest BCUT2D eigenvalue weighted by atomic mass is 32.2. The first-order chi connectivity index (χ1) is 4.52. The normalized spacial score (nSPS) is 27.3. The van der Waals surface area contributed by atoms with Crippen LogP contribution in [0, 0.1) is 5.41 Å². The maximum Gasteiger partial charge on any atom is 0.156 e. The third-order valence-electron chi connectivity index (χ3n) is 1.45. The molecule has 5 heteroatoms. The summed E-state index contributed by atoms with van der Waals surface area (Å²) in [5.74, 6) is 0.774. The van der Waals surface area contributed by atoms with Crippen LogP contribution in [0.1, 0.15) is 6.42 Å². The average molecular weight is 179 g/mol. The van der Waals surface area contributed by atoms with Gasteiger partial charge in [0.2, 0.25) is 0 Å². The predicted molar refractivity (Wildman–Crippen MR) is 43.4 cm³/mol. The summed E-state index contributed by atoms with van der Waals surface area (Å²) in [6.45, 7) is 0. The first-order valence-corrected chi connectivity index (χ1v) is 5.86. The Kier molecular flexibility index (Phi) is 2.05. The van der Waals surface area contributed by atoms with Crippen LogP contribution in [0.4, 0.5) is 0 Å². The fourth-order valence-corrected chi connectivity index (χ4v) is 3.60. The Morgan fingerprint density at radius 3 is 2.50 bits per heavy atom. The van der Waals surface area contributed by atoms with Gasteiger partial charge in [-0.3, -0.25) is 5.41 Å². The number of hydrogen-bond donors (Lipinski definition) is 1. The number of thioether (sulfide) groups is 1. The quantitative estimate of drug-likeness (QED) is 0.638. The third-order valence-corrected chi connectivity index (χ3v) is 4.14. The van der Waals surface area contributed by atoms with E-state index in [1.165, 1.54) is 18.0 Å². The smallest absolute Gasteiger partial charge is 0.156 e. The maximum atomic E-state index is 10.9. The molecule has 58 valence electrons. The van der Waals surface area contributed by atoms with Gasteiger partial charge in [0, 0.05) is 12.0 Å². The molecule has 1 unspecified atom stereocenters. The molecule has 0 amide bonds. The molecular weight excluding hydrogens is 170 g/mol. The van der Waals surface area contributed by atoms with Crippen LogP contribution in [0.3, 0.4) is 0 Å². The highest BCUT2D eigenvalue weighted by molar-refractivity contribution is 8.16. The van der Waals surface area contributed by atoms with Crippen molar-refractivity contribution < 1.29 is 8.42 Å². The minimum absolute atomic E-state index is 0.308. The second-order valence-corrected chi connectivity index (χ2v) is 5.68. The predicted octanol–water partition coefficient (Wildman–Crippen LogP) is 0.514. The molecule has 1 aliphatic heterocycles. The molecular formula is C5H9NO2S2. The van der Waals surface area contributed by atoms with E-state index in [1.807, 2.05) is 0 Å². The zero-order valence-electron chi connectivity index (χ0n) is 5.62. The first-order valence-electron chi connectivity index (χ1n) is 2.92. The molecule has 1 fully saturated rings. The number of rotatable bonds is 1. The van der Waals surface area contributed by atoms with Crippen molar-refractivity contribution >= 4 is 26.6 Å². The Labute approximate surface area is 64.6 Å². The lowest BCUT2D eigenvalue weighted by Gasteiger charge is -2.03. The molecule has 1 rings (SSSR count). The molecule has 0 aromatic carbocycles. The van der Waals surface area contributed by atoms with E-state index in [9.17, 15) is 8.42 Å². The zero-order chi connectivity index (χ0) is 7.78.